The molecular formula is C21H18Cl2N4O3S. The molecule has 10 heteroatoms. The molecule has 1 amide bonds. The largest absolute Gasteiger partial charge is 0.272 e. The van der Waals surface area contributed by atoms with Crippen molar-refractivity contribution in [1.29, 1.82) is 0 Å². The van der Waals surface area contributed by atoms with E-state index in [1.54, 1.807) is 60.9 Å². The van der Waals surface area contributed by atoms with Crippen molar-refractivity contribution in [3.05, 3.63) is 94.2 Å². The fourth-order valence-electron chi connectivity index (χ4n) is 2.63. The van der Waals surface area contributed by atoms with Gasteiger partial charge < -0.3 is 0 Å². The van der Waals surface area contributed by atoms with Crippen LogP contribution < -0.4 is 5.43 Å². The monoisotopic (exact) mass is 476 g/mol. The zero-order valence-electron chi connectivity index (χ0n) is 16.2. The van der Waals surface area contributed by atoms with Crippen LogP contribution in [0.4, 0.5) is 0 Å². The smallest absolute Gasteiger partial charge is 0.255 e. The van der Waals surface area contributed by atoms with Crippen molar-refractivity contribution in [1.82, 2.24) is 14.7 Å². The van der Waals surface area contributed by atoms with Gasteiger partial charge in [0.15, 0.2) is 0 Å². The lowest BCUT2D eigenvalue weighted by atomic mass is 10.2. The lowest BCUT2D eigenvalue weighted by Crippen LogP contribution is -2.39. The quantitative estimate of drug-likeness (QED) is 0.396. The van der Waals surface area contributed by atoms with Gasteiger partial charge in [0.1, 0.15) is 0 Å². The minimum Gasteiger partial charge on any atom is -0.272 e. The van der Waals surface area contributed by atoms with Crippen molar-refractivity contribution in [2.75, 3.05) is 6.54 Å². The fraction of sp³-hybridized carbons (Fsp3) is 0.0952. The molecule has 31 heavy (non-hydrogen) atoms. The molecule has 7 nitrogen and oxygen atoms in total. The number of sulfonamides is 1. The standard InChI is InChI=1S/C21H18Cl2N4O3S/c22-19-7-6-17(12-20(19)23)14-27(31(29,30)18-4-2-1-3-5-18)15-21(28)26-25-13-16-8-10-24-11-9-16/h1-13H,14-15H2,(H,26,28)/b25-13-. The molecule has 1 N–H and O–H groups in total. The minimum atomic E-state index is -3.96. The molecule has 0 saturated carbocycles. The third kappa shape index (κ3) is 6.35. The summed E-state index contributed by atoms with van der Waals surface area (Å²) in [6.07, 6.45) is 4.62. The number of hydrogen-bond donors (Lipinski definition) is 1. The van der Waals surface area contributed by atoms with Crippen molar-refractivity contribution >= 4 is 45.3 Å². The number of nitrogens with zero attached hydrogens (tertiary/aromatic N) is 3. The van der Waals surface area contributed by atoms with E-state index in [-0.39, 0.29) is 11.4 Å². The van der Waals surface area contributed by atoms with Gasteiger partial charge in [-0.25, -0.2) is 13.8 Å². The summed E-state index contributed by atoms with van der Waals surface area (Å²) in [4.78, 5) is 16.4. The average molecular weight is 477 g/mol. The molecule has 3 aromatic rings. The highest BCUT2D eigenvalue weighted by molar-refractivity contribution is 7.89. The molecule has 0 radical (unpaired) electrons. The van der Waals surface area contributed by atoms with Crippen molar-refractivity contribution in [3.8, 4) is 0 Å². The van der Waals surface area contributed by atoms with Gasteiger partial charge >= 0.3 is 0 Å². The minimum absolute atomic E-state index is 0.0724. The van der Waals surface area contributed by atoms with E-state index in [1.807, 2.05) is 0 Å². The van der Waals surface area contributed by atoms with Gasteiger partial charge in [-0.1, -0.05) is 47.5 Å². The van der Waals surface area contributed by atoms with E-state index in [4.69, 9.17) is 23.2 Å². The first kappa shape index (κ1) is 22.9. The zero-order valence-corrected chi connectivity index (χ0v) is 18.5. The van der Waals surface area contributed by atoms with Gasteiger partial charge in [-0.15, -0.1) is 0 Å². The predicted molar refractivity (Wildman–Crippen MR) is 120 cm³/mol. The van der Waals surface area contributed by atoms with Crippen molar-refractivity contribution in [2.24, 2.45) is 5.10 Å². The van der Waals surface area contributed by atoms with Crippen molar-refractivity contribution in [2.45, 2.75) is 11.4 Å². The van der Waals surface area contributed by atoms with Crippen LogP contribution in [0, 0.1) is 0 Å². The van der Waals surface area contributed by atoms with Gasteiger partial charge in [-0.2, -0.15) is 9.41 Å². The topological polar surface area (TPSA) is 91.7 Å². The molecule has 2 aromatic carbocycles. The Morgan fingerprint density at radius 3 is 2.42 bits per heavy atom. The first-order valence-corrected chi connectivity index (χ1v) is 11.3. The number of aromatic nitrogens is 1. The van der Waals surface area contributed by atoms with Gasteiger partial charge in [0, 0.05) is 18.9 Å². The van der Waals surface area contributed by atoms with E-state index >= 15 is 0 Å². The molecule has 0 unspecified atom stereocenters. The molecule has 1 aromatic heterocycles. The van der Waals surface area contributed by atoms with Crippen molar-refractivity contribution in [3.63, 3.8) is 0 Å². The van der Waals surface area contributed by atoms with Crippen LogP contribution in [0.1, 0.15) is 11.1 Å². The molecule has 0 atom stereocenters. The van der Waals surface area contributed by atoms with Crippen LogP contribution in [-0.4, -0.2) is 36.4 Å². The highest BCUT2D eigenvalue weighted by Crippen LogP contribution is 2.25. The summed E-state index contributed by atoms with van der Waals surface area (Å²) in [5, 5.41) is 4.52. The molecule has 1 heterocycles. The van der Waals surface area contributed by atoms with Crippen LogP contribution in [0.2, 0.25) is 10.0 Å². The number of pyridine rings is 1. The van der Waals surface area contributed by atoms with Gasteiger partial charge in [-0.05, 0) is 47.5 Å². The number of carbonyl (C=O) groups is 1. The molecule has 0 fully saturated rings. The molecule has 160 valence electrons. The van der Waals surface area contributed by atoms with E-state index in [0.717, 1.165) is 9.87 Å². The third-order valence-electron chi connectivity index (χ3n) is 4.15. The second-order valence-electron chi connectivity index (χ2n) is 6.41. The Morgan fingerprint density at radius 2 is 1.74 bits per heavy atom. The number of hydrogen-bond acceptors (Lipinski definition) is 5. The van der Waals surface area contributed by atoms with E-state index in [1.165, 1.54) is 18.3 Å². The number of carbonyl (C=O) groups excluding carboxylic acids is 1. The molecule has 0 spiro atoms. The Morgan fingerprint density at radius 1 is 1.03 bits per heavy atom. The zero-order chi connectivity index (χ0) is 22.3. The molecule has 0 aliphatic heterocycles. The number of benzene rings is 2. The molecule has 3 rings (SSSR count). The lowest BCUT2D eigenvalue weighted by molar-refractivity contribution is -0.121. The molecular weight excluding hydrogens is 459 g/mol. The summed E-state index contributed by atoms with van der Waals surface area (Å²) < 4.78 is 27.4. The Balaban J connectivity index is 1.80. The van der Waals surface area contributed by atoms with Gasteiger partial charge in [0.25, 0.3) is 5.91 Å². The van der Waals surface area contributed by atoms with Crippen molar-refractivity contribution < 1.29 is 13.2 Å². The van der Waals surface area contributed by atoms with E-state index in [9.17, 15) is 13.2 Å². The predicted octanol–water partition coefficient (Wildman–Crippen LogP) is 3.73. The number of nitrogens with one attached hydrogen (secondary N) is 1. The maximum Gasteiger partial charge on any atom is 0.255 e. The second-order valence-corrected chi connectivity index (χ2v) is 9.16. The number of halogens is 2. The third-order valence-corrected chi connectivity index (χ3v) is 6.70. The molecule has 0 saturated heterocycles. The number of amides is 1. The van der Waals surface area contributed by atoms with Gasteiger partial charge in [0.2, 0.25) is 10.0 Å². The Hall–Kier alpha value is -2.78. The molecule has 0 aliphatic carbocycles. The average Bonchev–Trinajstić information content (AvgIpc) is 2.77. The fourth-order valence-corrected chi connectivity index (χ4v) is 4.36. The van der Waals surface area contributed by atoms with Crippen LogP contribution in [0.15, 0.2) is 83.1 Å². The maximum atomic E-state index is 13.2. The van der Waals surface area contributed by atoms with Crippen LogP contribution in [0.25, 0.3) is 0 Å². The van der Waals surface area contributed by atoms with Gasteiger partial charge in [-0.3, -0.25) is 9.78 Å². The Bertz CT molecular complexity index is 1170. The van der Waals surface area contributed by atoms with E-state index in [0.29, 0.717) is 15.6 Å². The Kier molecular flexibility index (Phi) is 7.75. The van der Waals surface area contributed by atoms with Crippen LogP contribution in [-0.2, 0) is 21.4 Å². The second kappa shape index (κ2) is 10.5. The summed E-state index contributed by atoms with van der Waals surface area (Å²) in [5.74, 6) is -0.593. The first-order chi connectivity index (χ1) is 14.9. The lowest BCUT2D eigenvalue weighted by Gasteiger charge is -2.21. The normalized spacial score (nSPS) is 11.7. The molecule has 0 bridgehead atoms. The summed E-state index contributed by atoms with van der Waals surface area (Å²) in [6.45, 7) is -0.513. The highest BCUT2D eigenvalue weighted by Gasteiger charge is 2.27. The summed E-state index contributed by atoms with van der Waals surface area (Å²) in [5.41, 5.74) is 3.67. The number of rotatable bonds is 8. The number of hydrazone groups is 1. The van der Waals surface area contributed by atoms with Crippen LogP contribution >= 0.6 is 23.2 Å². The summed E-state index contributed by atoms with van der Waals surface area (Å²) >= 11 is 12.0. The van der Waals surface area contributed by atoms with Gasteiger partial charge in [0.05, 0.1) is 27.7 Å². The molecule has 0 aliphatic rings. The highest BCUT2D eigenvalue weighted by atomic mass is 35.5. The summed E-state index contributed by atoms with van der Waals surface area (Å²) in [7, 11) is -3.96. The van der Waals surface area contributed by atoms with E-state index in [2.05, 4.69) is 15.5 Å². The SMILES string of the molecule is O=C(CN(Cc1ccc(Cl)c(Cl)c1)S(=O)(=O)c1ccccc1)N/N=C\c1ccncc1. The Labute approximate surface area is 190 Å². The van der Waals surface area contributed by atoms with Crippen LogP contribution in [0.3, 0.4) is 0 Å². The maximum absolute atomic E-state index is 13.2. The van der Waals surface area contributed by atoms with Crippen LogP contribution in [0.5, 0.6) is 0 Å². The first-order valence-electron chi connectivity index (χ1n) is 9.07. The van der Waals surface area contributed by atoms with E-state index < -0.39 is 22.5 Å². The summed E-state index contributed by atoms with van der Waals surface area (Å²) in [6, 6.07) is 16.1.